The van der Waals surface area contributed by atoms with E-state index in [1.54, 1.807) is 60.9 Å². The van der Waals surface area contributed by atoms with Crippen LogP contribution in [0.5, 0.6) is 11.5 Å². The first-order chi connectivity index (χ1) is 29.5. The number of nitrogens with zero attached hydrogens (tertiary/aromatic N) is 4. The number of hydrogen-bond donors (Lipinski definition) is 1. The fourth-order valence-corrected chi connectivity index (χ4v) is 6.10. The second kappa shape index (κ2) is 25.7. The van der Waals surface area contributed by atoms with Gasteiger partial charge >= 0.3 is 11.9 Å². The number of carbonyl (C=O) groups is 3. The zero-order chi connectivity index (χ0) is 45.5. The summed E-state index contributed by atoms with van der Waals surface area (Å²) < 4.78 is 17.8. The molecular formula is C48H55N5O12. The highest BCUT2D eigenvalue weighted by Crippen LogP contribution is 2.34. The second-order valence-electron chi connectivity index (χ2n) is 13.6. The van der Waals surface area contributed by atoms with Gasteiger partial charge in [-0.25, -0.2) is 0 Å². The zero-order valence-electron chi connectivity index (χ0n) is 34.4. The third-order valence-corrected chi connectivity index (χ3v) is 8.76. The molecule has 0 saturated carbocycles. The van der Waals surface area contributed by atoms with E-state index in [-0.39, 0.29) is 57.0 Å². The number of hydrogen-bond acceptors (Lipinski definition) is 13. The Balaban J connectivity index is 0.000000547. The minimum atomic E-state index is -0.562. The molecule has 6 aromatic rings. The van der Waals surface area contributed by atoms with Crippen molar-refractivity contribution in [3.05, 3.63) is 179 Å². The lowest BCUT2D eigenvalue weighted by Crippen LogP contribution is -2.20. The maximum Gasteiger partial charge on any atom is 0.310 e. The van der Waals surface area contributed by atoms with Crippen LogP contribution in [0.15, 0.2) is 131 Å². The molecule has 0 amide bonds. The number of nitrogen functional groups attached to an aromatic ring is 1. The number of rotatable bonds is 12. The lowest BCUT2D eigenvalue weighted by atomic mass is 10.0. The Labute approximate surface area is 377 Å². The molecule has 0 radical (unpaired) electrons. The van der Waals surface area contributed by atoms with Crippen molar-refractivity contribution in [1.82, 2.24) is 9.13 Å². The van der Waals surface area contributed by atoms with Gasteiger partial charge in [-0.15, -0.1) is 0 Å². The van der Waals surface area contributed by atoms with Crippen molar-refractivity contribution in [2.24, 2.45) is 0 Å². The van der Waals surface area contributed by atoms with Gasteiger partial charge in [0.15, 0.2) is 0 Å². The van der Waals surface area contributed by atoms with E-state index in [0.29, 0.717) is 52.5 Å². The van der Waals surface area contributed by atoms with Gasteiger partial charge in [0.05, 0.1) is 37.2 Å². The molecule has 0 bridgehead atoms. The normalized spacial score (nSPS) is 9.74. The topological polar surface area (TPSA) is 235 Å². The summed E-state index contributed by atoms with van der Waals surface area (Å²) in [7, 11) is 3.07. The van der Waals surface area contributed by atoms with Crippen LogP contribution < -0.4 is 26.3 Å². The Morgan fingerprint density at radius 2 is 1.00 bits per heavy atom. The van der Waals surface area contributed by atoms with Crippen LogP contribution in [0.4, 0.5) is 17.1 Å². The Morgan fingerprint density at radius 1 is 0.585 bits per heavy atom. The van der Waals surface area contributed by atoms with E-state index in [9.17, 15) is 44.2 Å². The highest BCUT2D eigenvalue weighted by Gasteiger charge is 2.14. The van der Waals surface area contributed by atoms with Gasteiger partial charge in [-0.1, -0.05) is 64.7 Å². The molecule has 0 aliphatic rings. The Hall–Kier alpha value is -8.21. The number of benzene rings is 4. The molecule has 344 valence electrons. The molecule has 0 saturated heterocycles. The van der Waals surface area contributed by atoms with E-state index < -0.39 is 21.8 Å². The number of nitrogens with two attached hydrogens (primary N) is 1. The van der Waals surface area contributed by atoms with Crippen LogP contribution >= 0.6 is 0 Å². The van der Waals surface area contributed by atoms with Gasteiger partial charge in [-0.3, -0.25) is 44.2 Å². The van der Waals surface area contributed by atoms with E-state index in [1.807, 2.05) is 24.3 Å². The molecular weight excluding hydrogens is 839 g/mol. The molecule has 17 heteroatoms. The molecule has 0 atom stereocenters. The molecule has 6 rings (SSSR count). The van der Waals surface area contributed by atoms with Crippen molar-refractivity contribution in [2.45, 2.75) is 62.6 Å². The summed E-state index contributed by atoms with van der Waals surface area (Å²) in [4.78, 5) is 76.5. The van der Waals surface area contributed by atoms with Gasteiger partial charge in [0.2, 0.25) is 0 Å². The first-order valence-electron chi connectivity index (χ1n) is 18.6. The molecule has 0 aliphatic heterocycles. The Bertz CT molecular complexity index is 2730. The summed E-state index contributed by atoms with van der Waals surface area (Å²) in [5.74, 6) is 0.0636. The minimum absolute atomic E-state index is 0. The number of nitro benzene ring substituents is 2. The number of pyridine rings is 2. The number of ether oxygens (including phenoxy) is 3. The number of aromatic nitrogens is 2. The highest BCUT2D eigenvalue weighted by molar-refractivity contribution is 5.82. The number of carbonyl (C=O) groups excluding carboxylic acids is 3. The number of anilines is 1. The fraction of sp³-hybridized carbons (Fsp3) is 0.229. The standard InChI is InChI=1S/C22H20N2O5.C19H17N3O4.C4H6O3.3CH4/c1-15(25)10-16-7-9-22(26)23(13-16)14-17-6-8-21(29-2)20(11-17)18-4-3-5-19(12-18)24(27)28;1-26-18-7-5-13(11-21-12-15(20)6-8-19(21)23)9-17(18)14-3-2-4-16(10-14)22(24)25;1-3(5)7-4(2)6;;;/h3-9,11-13H,10,14H2,1-2H3;2-10,12H,11,20H2,1H3;1-2H3;3*1H4. The number of methoxy groups -OCH3 is 2. The number of nitro groups is 2. The quantitative estimate of drug-likeness (QED) is 0.0524. The first-order valence-corrected chi connectivity index (χ1v) is 18.6. The predicted molar refractivity (Wildman–Crippen MR) is 251 cm³/mol. The second-order valence-corrected chi connectivity index (χ2v) is 13.6. The van der Waals surface area contributed by atoms with E-state index >= 15 is 0 Å². The van der Waals surface area contributed by atoms with Gasteiger partial charge in [0, 0.05) is 85.9 Å². The third-order valence-electron chi connectivity index (χ3n) is 8.76. The third kappa shape index (κ3) is 16.2. The fourth-order valence-electron chi connectivity index (χ4n) is 6.10. The first kappa shape index (κ1) is 54.8. The zero-order valence-corrected chi connectivity index (χ0v) is 34.4. The summed E-state index contributed by atoms with van der Waals surface area (Å²) in [6, 6.07) is 29.7. The van der Waals surface area contributed by atoms with Gasteiger partial charge in [-0.2, -0.15) is 0 Å². The predicted octanol–water partition coefficient (Wildman–Crippen LogP) is 8.68. The molecule has 0 aliphatic carbocycles. The molecule has 0 spiro atoms. The monoisotopic (exact) mass is 893 g/mol. The van der Waals surface area contributed by atoms with Crippen molar-refractivity contribution >= 4 is 34.8 Å². The largest absolute Gasteiger partial charge is 0.496 e. The smallest absolute Gasteiger partial charge is 0.310 e. The molecule has 2 N–H and O–H groups in total. The Morgan fingerprint density at radius 3 is 1.38 bits per heavy atom. The van der Waals surface area contributed by atoms with Crippen molar-refractivity contribution in [2.75, 3.05) is 20.0 Å². The molecule has 0 unspecified atom stereocenters. The van der Waals surface area contributed by atoms with Crippen molar-refractivity contribution in [3.8, 4) is 33.8 Å². The van der Waals surface area contributed by atoms with Crippen LogP contribution in [-0.4, -0.2) is 50.9 Å². The molecule has 0 fully saturated rings. The molecule has 17 nitrogen and oxygen atoms in total. The van der Waals surface area contributed by atoms with Crippen LogP contribution in [0.3, 0.4) is 0 Å². The van der Waals surface area contributed by atoms with Gasteiger partial charge < -0.3 is 29.1 Å². The van der Waals surface area contributed by atoms with Crippen LogP contribution in [0.25, 0.3) is 22.3 Å². The molecule has 2 aromatic heterocycles. The lowest BCUT2D eigenvalue weighted by molar-refractivity contribution is -0.385. The summed E-state index contributed by atoms with van der Waals surface area (Å²) >= 11 is 0. The molecule has 2 heterocycles. The van der Waals surface area contributed by atoms with Crippen molar-refractivity contribution < 1.29 is 38.4 Å². The number of Topliss-reactive ketones (excluding diaryl/α,β-unsaturated/α-hetero) is 1. The van der Waals surface area contributed by atoms with Crippen molar-refractivity contribution in [3.63, 3.8) is 0 Å². The minimum Gasteiger partial charge on any atom is -0.496 e. The number of ketones is 1. The maximum atomic E-state index is 12.2. The van der Waals surface area contributed by atoms with Gasteiger partial charge in [0.25, 0.3) is 22.5 Å². The molecule has 4 aromatic carbocycles. The van der Waals surface area contributed by atoms with E-state index in [4.69, 9.17) is 15.2 Å². The summed E-state index contributed by atoms with van der Waals surface area (Å²) in [5.41, 5.74) is 11.1. The van der Waals surface area contributed by atoms with E-state index in [0.717, 1.165) is 16.7 Å². The molecule has 65 heavy (non-hydrogen) atoms. The van der Waals surface area contributed by atoms with Crippen molar-refractivity contribution in [1.29, 1.82) is 0 Å². The maximum absolute atomic E-state index is 12.2. The summed E-state index contributed by atoms with van der Waals surface area (Å²) in [6.07, 6.45) is 3.53. The summed E-state index contributed by atoms with van der Waals surface area (Å²) in [6.45, 7) is 4.50. The van der Waals surface area contributed by atoms with Crippen LogP contribution in [0, 0.1) is 20.2 Å². The van der Waals surface area contributed by atoms with Crippen LogP contribution in [-0.2, 0) is 38.6 Å². The number of non-ortho nitro benzene ring substituents is 2. The number of esters is 2. The SMILES string of the molecule is C.C.C.CC(=O)OC(C)=O.COc1ccc(Cn2cc(CC(C)=O)ccc2=O)cc1-c1cccc([N+](=O)[O-])c1.COc1ccc(Cn2cc(N)ccc2=O)cc1-c1cccc([N+](=O)[O-])c1. The average Bonchev–Trinajstić information content (AvgIpc) is 3.23. The average molecular weight is 894 g/mol. The van der Waals surface area contributed by atoms with Crippen LogP contribution in [0.2, 0.25) is 0 Å². The van der Waals surface area contributed by atoms with Gasteiger partial charge in [-0.05, 0) is 65.1 Å². The van der Waals surface area contributed by atoms with Gasteiger partial charge in [0.1, 0.15) is 17.3 Å². The highest BCUT2D eigenvalue weighted by atomic mass is 16.6. The summed E-state index contributed by atoms with van der Waals surface area (Å²) in [5, 5.41) is 22.1. The van der Waals surface area contributed by atoms with E-state index in [2.05, 4.69) is 4.74 Å². The van der Waals surface area contributed by atoms with Crippen LogP contribution in [0.1, 0.15) is 59.7 Å². The lowest BCUT2D eigenvalue weighted by Gasteiger charge is -2.13. The Kier molecular flexibility index (Phi) is 21.6. The van der Waals surface area contributed by atoms with E-state index in [1.165, 1.54) is 80.5 Å².